The molecule has 0 amide bonds. The number of carboxylic acids is 1. The monoisotopic (exact) mass is 578 g/mol. The van der Waals surface area contributed by atoms with Crippen LogP contribution in [0, 0.1) is 50.2 Å². The second-order valence-electron chi connectivity index (χ2n) is 17.1. The first-order valence-electron chi connectivity index (χ1n) is 16.7. The van der Waals surface area contributed by atoms with Crippen LogP contribution in [0.3, 0.4) is 0 Å². The van der Waals surface area contributed by atoms with Crippen LogP contribution in [0.5, 0.6) is 0 Å². The summed E-state index contributed by atoms with van der Waals surface area (Å²) in [4.78, 5) is 29.9. The van der Waals surface area contributed by atoms with E-state index in [1.807, 2.05) is 10.8 Å². The second-order valence-corrected chi connectivity index (χ2v) is 17.1. The Morgan fingerprint density at radius 2 is 1.71 bits per heavy atom. The van der Waals surface area contributed by atoms with E-state index in [9.17, 15) is 14.7 Å². The summed E-state index contributed by atoms with van der Waals surface area (Å²) in [5, 5.41) is 10.6. The third-order valence-corrected chi connectivity index (χ3v) is 14.4. The molecule has 5 aliphatic carbocycles. The van der Waals surface area contributed by atoms with Gasteiger partial charge in [0.1, 0.15) is 6.10 Å². The highest BCUT2D eigenvalue weighted by atomic mass is 16.5. The highest BCUT2D eigenvalue weighted by Gasteiger charge is 2.69. The number of aryl methyl sites for hydroxylation is 1. The number of rotatable bonds is 5. The van der Waals surface area contributed by atoms with Crippen LogP contribution in [0.15, 0.2) is 30.4 Å². The summed E-state index contributed by atoms with van der Waals surface area (Å²) >= 11 is 0. The molecule has 0 spiro atoms. The molecular weight excluding hydrogens is 524 g/mol. The maximum atomic E-state index is 12.9. The number of aliphatic carboxylic acids is 1. The van der Waals surface area contributed by atoms with E-state index in [0.29, 0.717) is 24.8 Å². The topological polar surface area (TPSA) is 81.4 Å². The van der Waals surface area contributed by atoms with E-state index in [0.717, 1.165) is 64.2 Å². The van der Waals surface area contributed by atoms with Gasteiger partial charge in [-0.25, -0.2) is 4.98 Å². The Hall–Kier alpha value is -2.11. The Bertz CT molecular complexity index is 1260. The van der Waals surface area contributed by atoms with Crippen molar-refractivity contribution in [1.82, 2.24) is 9.55 Å². The third-order valence-electron chi connectivity index (χ3n) is 14.4. The van der Waals surface area contributed by atoms with Crippen molar-refractivity contribution in [3.63, 3.8) is 0 Å². The molecule has 6 rings (SSSR count). The molecule has 4 fully saturated rings. The number of imidazole rings is 1. The molecule has 6 heteroatoms. The van der Waals surface area contributed by atoms with Crippen LogP contribution in [0.2, 0.25) is 0 Å². The van der Waals surface area contributed by atoms with Crippen LogP contribution in [-0.2, 0) is 20.9 Å². The van der Waals surface area contributed by atoms with E-state index in [-0.39, 0.29) is 45.1 Å². The predicted octanol–water partition coefficient (Wildman–Crippen LogP) is 8.07. The van der Waals surface area contributed by atoms with Crippen molar-refractivity contribution >= 4 is 11.9 Å². The van der Waals surface area contributed by atoms with Crippen LogP contribution in [-0.4, -0.2) is 32.7 Å². The van der Waals surface area contributed by atoms with Crippen LogP contribution >= 0.6 is 0 Å². The summed E-state index contributed by atoms with van der Waals surface area (Å²) < 4.78 is 8.17. The Morgan fingerprint density at radius 3 is 2.40 bits per heavy atom. The van der Waals surface area contributed by atoms with E-state index in [4.69, 9.17) is 4.74 Å². The molecule has 5 aliphatic rings. The quantitative estimate of drug-likeness (QED) is 0.282. The van der Waals surface area contributed by atoms with Gasteiger partial charge in [0.2, 0.25) is 0 Å². The molecule has 1 heterocycles. The second kappa shape index (κ2) is 9.69. The standard InChI is InChI=1S/C36H54N2O4/c1-31(2)15-17-36(30(40)41)18-16-34(6)24(25(36)22-31)8-9-27-33(5)13-11-28(32(3,4)26(33)10-14-35(27,34)7)42-29(39)12-20-38-21-19-37-23-38/h8,19,21,23,25-28H,9-18,20,22H2,1-7H3,(H,40,41)/t25-,26-,27+,28-,33-,34+,35+,36-/m0/s1. The zero-order valence-electron chi connectivity index (χ0n) is 27.2. The van der Waals surface area contributed by atoms with Crippen molar-refractivity contribution in [2.75, 3.05) is 0 Å². The number of ether oxygens (including phenoxy) is 1. The Kier molecular flexibility index (Phi) is 6.91. The number of carbonyl (C=O) groups excluding carboxylic acids is 1. The van der Waals surface area contributed by atoms with Crippen molar-refractivity contribution in [2.24, 2.45) is 50.2 Å². The number of aromatic nitrogens is 2. The van der Waals surface area contributed by atoms with Gasteiger partial charge in [0.05, 0.1) is 18.2 Å². The fourth-order valence-corrected chi connectivity index (χ4v) is 11.7. The summed E-state index contributed by atoms with van der Waals surface area (Å²) in [5.41, 5.74) is 1.32. The smallest absolute Gasteiger partial charge is 0.310 e. The Morgan fingerprint density at radius 1 is 0.976 bits per heavy atom. The molecule has 4 saturated carbocycles. The fraction of sp³-hybridized carbons (Fsp3) is 0.806. The lowest BCUT2D eigenvalue weighted by Gasteiger charge is -2.71. The molecule has 232 valence electrons. The number of nitrogens with zero attached hydrogens (tertiary/aromatic N) is 2. The van der Waals surface area contributed by atoms with Gasteiger partial charge in [-0.1, -0.05) is 60.1 Å². The molecule has 1 aromatic rings. The van der Waals surface area contributed by atoms with Gasteiger partial charge in [-0.15, -0.1) is 0 Å². The lowest BCUT2D eigenvalue weighted by Crippen LogP contribution is -2.65. The summed E-state index contributed by atoms with van der Waals surface area (Å²) in [5.74, 6) is 0.507. The van der Waals surface area contributed by atoms with Gasteiger partial charge < -0.3 is 14.4 Å². The zero-order valence-corrected chi connectivity index (χ0v) is 27.2. The lowest BCUT2D eigenvalue weighted by atomic mass is 9.33. The largest absolute Gasteiger partial charge is 0.481 e. The number of esters is 1. The van der Waals surface area contributed by atoms with Crippen molar-refractivity contribution in [1.29, 1.82) is 0 Å². The van der Waals surface area contributed by atoms with Gasteiger partial charge in [-0.3, -0.25) is 9.59 Å². The first-order valence-corrected chi connectivity index (χ1v) is 16.7. The minimum Gasteiger partial charge on any atom is -0.481 e. The molecule has 42 heavy (non-hydrogen) atoms. The summed E-state index contributed by atoms with van der Waals surface area (Å²) in [6, 6.07) is 0. The number of hydrogen-bond acceptors (Lipinski definition) is 4. The van der Waals surface area contributed by atoms with E-state index in [1.165, 1.54) is 5.57 Å². The maximum Gasteiger partial charge on any atom is 0.310 e. The molecule has 1 N–H and O–H groups in total. The third kappa shape index (κ3) is 4.19. The Labute approximate surface area is 253 Å². The highest BCUT2D eigenvalue weighted by molar-refractivity contribution is 5.76. The summed E-state index contributed by atoms with van der Waals surface area (Å²) in [6.45, 7) is 17.6. The van der Waals surface area contributed by atoms with Gasteiger partial charge in [-0.2, -0.15) is 0 Å². The maximum absolute atomic E-state index is 12.9. The van der Waals surface area contributed by atoms with Crippen molar-refractivity contribution in [2.45, 2.75) is 132 Å². The number of carboxylic acid groups (broad SMARTS) is 1. The van der Waals surface area contributed by atoms with Crippen molar-refractivity contribution < 1.29 is 19.4 Å². The van der Waals surface area contributed by atoms with E-state index in [2.05, 4.69) is 59.5 Å². The molecule has 0 aliphatic heterocycles. The fourth-order valence-electron chi connectivity index (χ4n) is 11.7. The first-order chi connectivity index (χ1) is 19.6. The molecule has 0 aromatic carbocycles. The normalized spacial score (nSPS) is 43.5. The summed E-state index contributed by atoms with van der Waals surface area (Å²) in [6.07, 6.45) is 18.2. The van der Waals surface area contributed by atoms with Crippen LogP contribution in [0.4, 0.5) is 0 Å². The van der Waals surface area contributed by atoms with Gasteiger partial charge in [0, 0.05) is 24.4 Å². The zero-order chi connectivity index (χ0) is 30.3. The molecule has 1 aromatic heterocycles. The van der Waals surface area contributed by atoms with Gasteiger partial charge in [-0.05, 0) is 104 Å². The molecule has 8 atom stereocenters. The van der Waals surface area contributed by atoms with Crippen molar-refractivity contribution in [3.05, 3.63) is 30.4 Å². The Balaban J connectivity index is 1.27. The number of fused-ring (bicyclic) bond motifs is 7. The highest BCUT2D eigenvalue weighted by Crippen LogP contribution is 2.75. The SMILES string of the molecule is CC1(C)CC[C@]2(C(=O)O)CC[C@]3(C)C(=CC[C@@H]4[C@@]5(C)CC[C@H](OC(=O)CCn6ccnc6)C(C)(C)[C@@H]5CC[C@]43C)[C@@H]2C1. The van der Waals surface area contributed by atoms with E-state index < -0.39 is 11.4 Å². The summed E-state index contributed by atoms with van der Waals surface area (Å²) in [7, 11) is 0. The van der Waals surface area contributed by atoms with Gasteiger partial charge in [0.15, 0.2) is 0 Å². The molecule has 0 saturated heterocycles. The average Bonchev–Trinajstić information content (AvgIpc) is 3.43. The first kappa shape index (κ1) is 29.9. The van der Waals surface area contributed by atoms with Crippen LogP contribution in [0.1, 0.15) is 119 Å². The van der Waals surface area contributed by atoms with E-state index in [1.54, 1.807) is 12.5 Å². The number of hydrogen-bond donors (Lipinski definition) is 1. The van der Waals surface area contributed by atoms with Crippen LogP contribution in [0.25, 0.3) is 0 Å². The predicted molar refractivity (Wildman–Crippen MR) is 163 cm³/mol. The molecular formula is C36H54N2O4. The number of carbonyl (C=O) groups is 2. The molecule has 6 nitrogen and oxygen atoms in total. The minimum absolute atomic E-state index is 0.0295. The lowest BCUT2D eigenvalue weighted by molar-refractivity contribution is -0.214. The molecule has 0 radical (unpaired) electrons. The van der Waals surface area contributed by atoms with Gasteiger partial charge in [0.25, 0.3) is 0 Å². The average molecular weight is 579 g/mol. The van der Waals surface area contributed by atoms with E-state index >= 15 is 0 Å². The molecule has 0 unspecified atom stereocenters. The van der Waals surface area contributed by atoms with Crippen molar-refractivity contribution in [3.8, 4) is 0 Å². The minimum atomic E-state index is -0.590. The van der Waals surface area contributed by atoms with Gasteiger partial charge >= 0.3 is 11.9 Å². The number of allylic oxidation sites excluding steroid dienone is 2. The molecule has 0 bridgehead atoms. The van der Waals surface area contributed by atoms with Crippen LogP contribution < -0.4 is 0 Å².